The van der Waals surface area contributed by atoms with E-state index in [0.29, 0.717) is 0 Å². The zero-order valence-corrected chi connectivity index (χ0v) is 4.81. The van der Waals surface area contributed by atoms with Gasteiger partial charge in [0.2, 0.25) is 0 Å². The lowest BCUT2D eigenvalue weighted by atomic mass is 10.3. The highest BCUT2D eigenvalue weighted by Crippen LogP contribution is 1.85. The minimum Gasteiger partial charge on any atom is -0.481 e. The largest absolute Gasteiger partial charge is 0.481 e. The third kappa shape index (κ3) is 2.65. The van der Waals surface area contributed by atoms with Crippen molar-refractivity contribution in [1.82, 2.24) is 0 Å². The first-order valence-electron chi connectivity index (χ1n) is 2.24. The average molecular weight is 147 g/mol. The molecule has 0 aliphatic rings. The summed E-state index contributed by atoms with van der Waals surface area (Å²) in [5.41, 5.74) is -0.785. The van der Waals surface area contributed by atoms with Gasteiger partial charge in [-0.25, -0.2) is 4.79 Å². The molecule has 0 bridgehead atoms. The second kappa shape index (κ2) is 3.44. The van der Waals surface area contributed by atoms with E-state index in [1.54, 1.807) is 0 Å². The van der Waals surface area contributed by atoms with E-state index < -0.39 is 24.1 Å². The van der Waals surface area contributed by atoms with Gasteiger partial charge in [-0.15, -0.1) is 0 Å². The summed E-state index contributed by atoms with van der Waals surface area (Å²) in [7, 11) is 0. The molecule has 0 fully saturated rings. The second-order valence-corrected chi connectivity index (χ2v) is 1.42. The van der Waals surface area contributed by atoms with Gasteiger partial charge in [0.1, 0.15) is 0 Å². The molecule has 0 aliphatic carbocycles. The quantitative estimate of drug-likeness (QED) is 0.280. The molecule has 56 valence electrons. The van der Waals surface area contributed by atoms with Crippen LogP contribution in [0.1, 0.15) is 6.42 Å². The Bertz CT molecular complexity index is 184. The molecular formula is C4H5NO5. The number of carboxylic acid groups (broad SMARTS) is 2. The normalized spacial score (nSPS) is 11.0. The molecule has 0 atom stereocenters. The smallest absolute Gasteiger partial charge is 0.354 e. The van der Waals surface area contributed by atoms with Crippen LogP contribution in [0.2, 0.25) is 0 Å². The number of oxime groups is 1. The minimum atomic E-state index is -1.54. The van der Waals surface area contributed by atoms with Crippen molar-refractivity contribution in [3.63, 3.8) is 0 Å². The van der Waals surface area contributed by atoms with Crippen LogP contribution < -0.4 is 0 Å². The zero-order chi connectivity index (χ0) is 8.15. The van der Waals surface area contributed by atoms with Crippen molar-refractivity contribution in [2.75, 3.05) is 0 Å². The van der Waals surface area contributed by atoms with Gasteiger partial charge in [-0.2, -0.15) is 0 Å². The molecule has 0 unspecified atom stereocenters. The SMILES string of the molecule is O=C(O)C/C(=N/O)C(=O)O. The van der Waals surface area contributed by atoms with Crippen LogP contribution in [0.3, 0.4) is 0 Å². The molecule has 10 heavy (non-hydrogen) atoms. The molecule has 6 nitrogen and oxygen atoms in total. The molecular weight excluding hydrogens is 142 g/mol. The van der Waals surface area contributed by atoms with E-state index in [-0.39, 0.29) is 0 Å². The van der Waals surface area contributed by atoms with Crippen LogP contribution in [0.25, 0.3) is 0 Å². The lowest BCUT2D eigenvalue weighted by molar-refractivity contribution is -0.137. The van der Waals surface area contributed by atoms with Crippen LogP contribution >= 0.6 is 0 Å². The van der Waals surface area contributed by atoms with Crippen molar-refractivity contribution in [1.29, 1.82) is 0 Å². The molecule has 0 rings (SSSR count). The van der Waals surface area contributed by atoms with Crippen molar-refractivity contribution in [2.24, 2.45) is 5.16 Å². The Morgan fingerprint density at radius 1 is 1.30 bits per heavy atom. The molecule has 0 radical (unpaired) electrons. The van der Waals surface area contributed by atoms with E-state index in [4.69, 9.17) is 15.4 Å². The van der Waals surface area contributed by atoms with Gasteiger partial charge < -0.3 is 15.4 Å². The van der Waals surface area contributed by atoms with Crippen molar-refractivity contribution >= 4 is 17.7 Å². The second-order valence-electron chi connectivity index (χ2n) is 1.42. The highest BCUT2D eigenvalue weighted by Gasteiger charge is 2.13. The molecule has 0 aromatic carbocycles. The fourth-order valence-electron chi connectivity index (χ4n) is 0.297. The van der Waals surface area contributed by atoms with Crippen LogP contribution in [-0.2, 0) is 9.59 Å². The molecule has 3 N–H and O–H groups in total. The summed E-state index contributed by atoms with van der Waals surface area (Å²) in [5, 5.41) is 26.2. The van der Waals surface area contributed by atoms with Gasteiger partial charge in [0.15, 0.2) is 5.71 Å². The molecule has 0 saturated heterocycles. The van der Waals surface area contributed by atoms with Gasteiger partial charge in [-0.1, -0.05) is 5.16 Å². The first kappa shape index (κ1) is 8.41. The maximum atomic E-state index is 9.91. The Hall–Kier alpha value is -1.59. The Balaban J connectivity index is 4.12. The van der Waals surface area contributed by atoms with Crippen molar-refractivity contribution < 1.29 is 25.0 Å². The van der Waals surface area contributed by atoms with E-state index in [2.05, 4.69) is 5.16 Å². The number of carboxylic acids is 2. The molecule has 0 heterocycles. The summed E-state index contributed by atoms with van der Waals surface area (Å²) in [6, 6.07) is 0. The van der Waals surface area contributed by atoms with E-state index in [1.807, 2.05) is 0 Å². The van der Waals surface area contributed by atoms with Crippen molar-refractivity contribution in [3.8, 4) is 0 Å². The van der Waals surface area contributed by atoms with Gasteiger partial charge in [-0.05, 0) is 0 Å². The van der Waals surface area contributed by atoms with Crippen LogP contribution in [0, 0.1) is 0 Å². The number of hydrogen-bond acceptors (Lipinski definition) is 4. The maximum absolute atomic E-state index is 9.91. The van der Waals surface area contributed by atoms with E-state index in [0.717, 1.165) is 0 Å². The van der Waals surface area contributed by atoms with Crippen molar-refractivity contribution in [3.05, 3.63) is 0 Å². The molecule has 0 saturated carbocycles. The predicted molar refractivity (Wildman–Crippen MR) is 29.1 cm³/mol. The van der Waals surface area contributed by atoms with Gasteiger partial charge in [-0.3, -0.25) is 4.79 Å². The van der Waals surface area contributed by atoms with Crippen LogP contribution in [0.5, 0.6) is 0 Å². The zero-order valence-electron chi connectivity index (χ0n) is 4.81. The molecule has 6 heteroatoms. The maximum Gasteiger partial charge on any atom is 0.354 e. The minimum absolute atomic E-state index is 0.785. The number of aliphatic carboxylic acids is 2. The summed E-state index contributed by atoms with van der Waals surface area (Å²) in [6.45, 7) is 0. The van der Waals surface area contributed by atoms with Gasteiger partial charge in [0.25, 0.3) is 0 Å². The van der Waals surface area contributed by atoms with Gasteiger partial charge in [0, 0.05) is 0 Å². The van der Waals surface area contributed by atoms with Crippen LogP contribution in [-0.4, -0.2) is 33.1 Å². The van der Waals surface area contributed by atoms with E-state index in [9.17, 15) is 9.59 Å². The molecule has 0 spiro atoms. The highest BCUT2D eigenvalue weighted by atomic mass is 16.4. The van der Waals surface area contributed by atoms with Gasteiger partial charge in [0.05, 0.1) is 6.42 Å². The predicted octanol–water partition coefficient (Wildman–Crippen LogP) is -0.624. The Morgan fingerprint density at radius 3 is 1.90 bits per heavy atom. The van der Waals surface area contributed by atoms with E-state index >= 15 is 0 Å². The first-order valence-corrected chi connectivity index (χ1v) is 2.24. The van der Waals surface area contributed by atoms with Crippen LogP contribution in [0.15, 0.2) is 5.16 Å². The average Bonchev–Trinajstić information content (AvgIpc) is 1.81. The standard InChI is InChI=1S/C4H5NO5/c6-3(7)1-2(5-10)4(8)9/h10H,1H2,(H,6,7)(H,8,9)/b5-2-. The monoisotopic (exact) mass is 147 g/mol. The summed E-state index contributed by atoms with van der Waals surface area (Å²) in [4.78, 5) is 19.7. The molecule has 0 amide bonds. The summed E-state index contributed by atoms with van der Waals surface area (Å²) in [6.07, 6.45) is -0.786. The molecule has 0 aromatic heterocycles. The molecule has 0 aliphatic heterocycles. The van der Waals surface area contributed by atoms with E-state index in [1.165, 1.54) is 0 Å². The first-order chi connectivity index (χ1) is 4.57. The van der Waals surface area contributed by atoms with Gasteiger partial charge >= 0.3 is 11.9 Å². The lowest BCUT2D eigenvalue weighted by Crippen LogP contribution is -2.17. The van der Waals surface area contributed by atoms with Crippen LogP contribution in [0.4, 0.5) is 0 Å². The lowest BCUT2D eigenvalue weighted by Gasteiger charge is -1.90. The summed E-state index contributed by atoms with van der Waals surface area (Å²) in [5.74, 6) is -2.89. The third-order valence-corrected chi connectivity index (χ3v) is 0.686. The Labute approximate surface area is 55.4 Å². The number of rotatable bonds is 3. The van der Waals surface area contributed by atoms with Crippen molar-refractivity contribution in [2.45, 2.75) is 6.42 Å². The number of hydrogen-bond donors (Lipinski definition) is 3. The summed E-state index contributed by atoms with van der Waals surface area (Å²) >= 11 is 0. The fourth-order valence-corrected chi connectivity index (χ4v) is 0.297. The number of carbonyl (C=O) groups is 2. The third-order valence-electron chi connectivity index (χ3n) is 0.686. The number of nitrogens with zero attached hydrogens (tertiary/aromatic N) is 1. The summed E-state index contributed by atoms with van der Waals surface area (Å²) < 4.78 is 0. The Morgan fingerprint density at radius 2 is 1.80 bits per heavy atom. The Kier molecular flexibility index (Phi) is 2.89. The molecule has 0 aromatic rings. The highest BCUT2D eigenvalue weighted by molar-refractivity contribution is 6.38. The topological polar surface area (TPSA) is 107 Å². The fraction of sp³-hybridized carbons (Fsp3) is 0.250.